The van der Waals surface area contributed by atoms with E-state index in [0.717, 1.165) is 25.2 Å². The zero-order chi connectivity index (χ0) is 16.1. The predicted molar refractivity (Wildman–Crippen MR) is 79.9 cm³/mol. The Bertz CT molecular complexity index is 657. The number of aromatic nitrogens is 2. The molecule has 1 N–H and O–H groups in total. The minimum absolute atomic E-state index is 0.0978. The summed E-state index contributed by atoms with van der Waals surface area (Å²) >= 11 is 0. The molecule has 0 aliphatic heterocycles. The Labute approximate surface area is 127 Å². The van der Waals surface area contributed by atoms with Gasteiger partial charge in [-0.25, -0.2) is 18.7 Å². The summed E-state index contributed by atoms with van der Waals surface area (Å²) in [6.07, 6.45) is 2.86. The first-order chi connectivity index (χ1) is 10.5. The molecule has 0 fully saturated rings. The van der Waals surface area contributed by atoms with Crippen LogP contribution in [0.5, 0.6) is 0 Å². The number of anilines is 2. The van der Waals surface area contributed by atoms with E-state index in [1.165, 1.54) is 18.5 Å². The molecule has 0 atom stereocenters. The standard InChI is InChI=1S/C15H16F2N4O/c1-3-21(4-2)14-9-18-13(8-19-14)15(22)20-10-5-6-11(16)12(17)7-10/h5-9H,3-4H2,1-2H3,(H,20,22). The summed E-state index contributed by atoms with van der Waals surface area (Å²) in [5.41, 5.74) is 0.249. The Morgan fingerprint density at radius 1 is 1.14 bits per heavy atom. The van der Waals surface area contributed by atoms with Gasteiger partial charge < -0.3 is 10.2 Å². The van der Waals surface area contributed by atoms with Gasteiger partial charge in [0.25, 0.3) is 5.91 Å². The second-order valence-electron chi connectivity index (χ2n) is 4.52. The molecule has 0 radical (unpaired) electrons. The number of benzene rings is 1. The fourth-order valence-electron chi connectivity index (χ4n) is 1.92. The molecule has 116 valence electrons. The second kappa shape index (κ2) is 6.93. The van der Waals surface area contributed by atoms with E-state index < -0.39 is 17.5 Å². The van der Waals surface area contributed by atoms with Gasteiger partial charge in [-0.2, -0.15) is 0 Å². The van der Waals surface area contributed by atoms with E-state index in [1.807, 2.05) is 18.7 Å². The Hall–Kier alpha value is -2.57. The van der Waals surface area contributed by atoms with Crippen LogP contribution >= 0.6 is 0 Å². The van der Waals surface area contributed by atoms with Crippen molar-refractivity contribution in [3.8, 4) is 0 Å². The highest BCUT2D eigenvalue weighted by Gasteiger charge is 2.11. The Balaban J connectivity index is 2.11. The maximum absolute atomic E-state index is 13.1. The van der Waals surface area contributed by atoms with E-state index in [1.54, 1.807) is 0 Å². The van der Waals surface area contributed by atoms with Gasteiger partial charge in [0.1, 0.15) is 11.5 Å². The third kappa shape index (κ3) is 3.55. The van der Waals surface area contributed by atoms with E-state index in [0.29, 0.717) is 5.82 Å². The van der Waals surface area contributed by atoms with Gasteiger partial charge in [-0.3, -0.25) is 4.79 Å². The number of hydrogen-bond donors (Lipinski definition) is 1. The van der Waals surface area contributed by atoms with E-state index in [2.05, 4.69) is 15.3 Å². The maximum atomic E-state index is 13.1. The number of rotatable bonds is 5. The smallest absolute Gasteiger partial charge is 0.275 e. The summed E-state index contributed by atoms with van der Waals surface area (Å²) in [5, 5.41) is 2.44. The fraction of sp³-hybridized carbons (Fsp3) is 0.267. The van der Waals surface area contributed by atoms with Crippen LogP contribution in [0.15, 0.2) is 30.6 Å². The van der Waals surface area contributed by atoms with Gasteiger partial charge in [-0.1, -0.05) is 0 Å². The summed E-state index contributed by atoms with van der Waals surface area (Å²) in [7, 11) is 0. The fourth-order valence-corrected chi connectivity index (χ4v) is 1.92. The molecule has 2 rings (SSSR count). The van der Waals surface area contributed by atoms with Crippen LogP contribution in [-0.4, -0.2) is 29.0 Å². The molecule has 0 saturated heterocycles. The van der Waals surface area contributed by atoms with Gasteiger partial charge >= 0.3 is 0 Å². The lowest BCUT2D eigenvalue weighted by Crippen LogP contribution is -2.23. The minimum atomic E-state index is -1.03. The molecular formula is C15H16F2N4O. The highest BCUT2D eigenvalue weighted by molar-refractivity contribution is 6.02. The van der Waals surface area contributed by atoms with Crippen LogP contribution in [-0.2, 0) is 0 Å². The quantitative estimate of drug-likeness (QED) is 0.923. The maximum Gasteiger partial charge on any atom is 0.275 e. The molecule has 1 aromatic heterocycles. The van der Waals surface area contributed by atoms with Crippen molar-refractivity contribution in [2.45, 2.75) is 13.8 Å². The summed E-state index contributed by atoms with van der Waals surface area (Å²) in [4.78, 5) is 22.2. The van der Waals surface area contributed by atoms with Gasteiger partial charge in [0, 0.05) is 24.8 Å². The molecule has 7 heteroatoms. The third-order valence-corrected chi connectivity index (χ3v) is 3.14. The minimum Gasteiger partial charge on any atom is -0.356 e. The van der Waals surface area contributed by atoms with Crippen LogP contribution in [0.1, 0.15) is 24.3 Å². The molecular weight excluding hydrogens is 290 g/mol. The van der Waals surface area contributed by atoms with Crippen molar-refractivity contribution in [2.24, 2.45) is 0 Å². The molecule has 5 nitrogen and oxygen atoms in total. The molecule has 0 aliphatic carbocycles. The molecule has 1 heterocycles. The molecule has 2 aromatic rings. The van der Waals surface area contributed by atoms with Crippen molar-refractivity contribution in [3.05, 3.63) is 47.9 Å². The zero-order valence-corrected chi connectivity index (χ0v) is 12.3. The Kier molecular flexibility index (Phi) is 4.98. The van der Waals surface area contributed by atoms with Gasteiger partial charge in [-0.05, 0) is 26.0 Å². The van der Waals surface area contributed by atoms with Crippen LogP contribution in [0, 0.1) is 11.6 Å². The number of amides is 1. The van der Waals surface area contributed by atoms with Gasteiger partial charge in [0.15, 0.2) is 11.6 Å². The Morgan fingerprint density at radius 2 is 1.86 bits per heavy atom. The van der Waals surface area contributed by atoms with Gasteiger partial charge in [0.2, 0.25) is 0 Å². The van der Waals surface area contributed by atoms with Crippen LogP contribution in [0.2, 0.25) is 0 Å². The summed E-state index contributed by atoms with van der Waals surface area (Å²) in [6, 6.07) is 3.12. The predicted octanol–water partition coefficient (Wildman–Crippen LogP) is 2.85. The number of halogens is 2. The largest absolute Gasteiger partial charge is 0.356 e. The van der Waals surface area contributed by atoms with Crippen LogP contribution in [0.25, 0.3) is 0 Å². The molecule has 22 heavy (non-hydrogen) atoms. The molecule has 0 unspecified atom stereocenters. The number of hydrogen-bond acceptors (Lipinski definition) is 4. The van der Waals surface area contributed by atoms with E-state index in [4.69, 9.17) is 0 Å². The van der Waals surface area contributed by atoms with E-state index in [9.17, 15) is 13.6 Å². The first-order valence-corrected chi connectivity index (χ1v) is 6.88. The topological polar surface area (TPSA) is 58.1 Å². The molecule has 0 spiro atoms. The van der Waals surface area contributed by atoms with E-state index in [-0.39, 0.29) is 11.4 Å². The van der Waals surface area contributed by atoms with Gasteiger partial charge in [-0.15, -0.1) is 0 Å². The van der Waals surface area contributed by atoms with Crippen molar-refractivity contribution in [2.75, 3.05) is 23.3 Å². The number of nitrogens with one attached hydrogen (secondary N) is 1. The number of nitrogens with zero attached hydrogens (tertiary/aromatic N) is 3. The van der Waals surface area contributed by atoms with Crippen molar-refractivity contribution >= 4 is 17.4 Å². The first kappa shape index (κ1) is 15.8. The zero-order valence-electron chi connectivity index (χ0n) is 12.3. The van der Waals surface area contributed by atoms with Crippen molar-refractivity contribution in [3.63, 3.8) is 0 Å². The van der Waals surface area contributed by atoms with E-state index >= 15 is 0 Å². The number of carbonyl (C=O) groups excluding carboxylic acids is 1. The molecule has 1 aromatic carbocycles. The summed E-state index contributed by atoms with van der Waals surface area (Å²) in [5.74, 6) is -1.86. The van der Waals surface area contributed by atoms with Crippen LogP contribution in [0.4, 0.5) is 20.3 Å². The average Bonchev–Trinajstić information content (AvgIpc) is 2.53. The Morgan fingerprint density at radius 3 is 2.41 bits per heavy atom. The number of carbonyl (C=O) groups is 1. The molecule has 0 saturated carbocycles. The van der Waals surface area contributed by atoms with Gasteiger partial charge in [0.05, 0.1) is 12.4 Å². The average molecular weight is 306 g/mol. The summed E-state index contributed by atoms with van der Waals surface area (Å²) < 4.78 is 25.9. The molecule has 1 amide bonds. The summed E-state index contributed by atoms with van der Waals surface area (Å²) in [6.45, 7) is 5.56. The lowest BCUT2D eigenvalue weighted by atomic mass is 10.3. The SMILES string of the molecule is CCN(CC)c1cnc(C(=O)Nc2ccc(F)c(F)c2)cn1. The van der Waals surface area contributed by atoms with Crippen molar-refractivity contribution < 1.29 is 13.6 Å². The highest BCUT2D eigenvalue weighted by atomic mass is 19.2. The lowest BCUT2D eigenvalue weighted by Gasteiger charge is -2.18. The van der Waals surface area contributed by atoms with Crippen LogP contribution in [0.3, 0.4) is 0 Å². The monoisotopic (exact) mass is 306 g/mol. The third-order valence-electron chi connectivity index (χ3n) is 3.14. The van der Waals surface area contributed by atoms with Crippen molar-refractivity contribution in [1.29, 1.82) is 0 Å². The highest BCUT2D eigenvalue weighted by Crippen LogP contribution is 2.14. The lowest BCUT2D eigenvalue weighted by molar-refractivity contribution is 0.102. The second-order valence-corrected chi connectivity index (χ2v) is 4.52. The first-order valence-electron chi connectivity index (χ1n) is 6.88. The normalized spacial score (nSPS) is 10.4. The molecule has 0 bridgehead atoms. The van der Waals surface area contributed by atoms with Crippen molar-refractivity contribution in [1.82, 2.24) is 9.97 Å². The molecule has 0 aliphatic rings. The van der Waals surface area contributed by atoms with Crippen LogP contribution < -0.4 is 10.2 Å².